The van der Waals surface area contributed by atoms with Crippen LogP contribution in [0.25, 0.3) is 0 Å². The molecule has 0 radical (unpaired) electrons. The summed E-state index contributed by atoms with van der Waals surface area (Å²) in [5, 5.41) is 2.96. The Bertz CT molecular complexity index is 775. The number of thioether (sulfide) groups is 1. The maximum atomic E-state index is 13.0. The monoisotopic (exact) mass is 412 g/mol. The van der Waals surface area contributed by atoms with Crippen molar-refractivity contribution >= 4 is 23.6 Å². The number of hydrogen-bond donors (Lipinski definition) is 1. The van der Waals surface area contributed by atoms with Crippen molar-refractivity contribution in [3.8, 4) is 0 Å². The highest BCUT2D eigenvalue weighted by atomic mass is 32.2. The maximum absolute atomic E-state index is 13.0. The minimum Gasteiger partial charge on any atom is -0.354 e. The van der Waals surface area contributed by atoms with Crippen LogP contribution in [0.1, 0.15) is 38.3 Å². The van der Waals surface area contributed by atoms with E-state index < -0.39 is 6.04 Å². The lowest BCUT2D eigenvalue weighted by molar-refractivity contribution is -0.140. The largest absolute Gasteiger partial charge is 0.354 e. The molecule has 5 heteroatoms. The van der Waals surface area contributed by atoms with Crippen LogP contribution in [0.2, 0.25) is 0 Å². The van der Waals surface area contributed by atoms with Crippen LogP contribution in [0.15, 0.2) is 59.5 Å². The van der Waals surface area contributed by atoms with Crippen LogP contribution in [-0.2, 0) is 16.1 Å². The zero-order chi connectivity index (χ0) is 21.2. The van der Waals surface area contributed by atoms with Gasteiger partial charge in [-0.25, -0.2) is 0 Å². The number of hydrogen-bond acceptors (Lipinski definition) is 3. The Hall–Kier alpha value is -2.27. The molecule has 0 spiro atoms. The Kier molecular flexibility index (Phi) is 9.26. The Morgan fingerprint density at radius 2 is 1.66 bits per heavy atom. The van der Waals surface area contributed by atoms with E-state index in [1.807, 2.05) is 68.4 Å². The minimum absolute atomic E-state index is 0.00111. The first-order chi connectivity index (χ1) is 13.9. The molecule has 2 aromatic carbocycles. The topological polar surface area (TPSA) is 49.4 Å². The van der Waals surface area contributed by atoms with E-state index in [0.29, 0.717) is 31.2 Å². The van der Waals surface area contributed by atoms with Crippen LogP contribution in [0.4, 0.5) is 0 Å². The van der Waals surface area contributed by atoms with Crippen molar-refractivity contribution in [3.05, 3.63) is 65.7 Å². The van der Waals surface area contributed by atoms with Gasteiger partial charge in [-0.05, 0) is 37.5 Å². The number of aryl methyl sites for hydroxylation is 1. The van der Waals surface area contributed by atoms with E-state index in [1.165, 1.54) is 5.56 Å². The molecule has 0 fully saturated rings. The number of nitrogens with zero attached hydrogens (tertiary/aromatic N) is 1. The number of benzene rings is 2. The molecule has 0 heterocycles. The minimum atomic E-state index is -0.510. The second kappa shape index (κ2) is 11.7. The second-order valence-corrected chi connectivity index (χ2v) is 8.90. The fraction of sp³-hybridized carbons (Fsp3) is 0.417. The fourth-order valence-corrected chi connectivity index (χ4v) is 3.70. The molecule has 0 aliphatic heterocycles. The zero-order valence-electron chi connectivity index (χ0n) is 17.9. The second-order valence-electron chi connectivity index (χ2n) is 7.73. The normalized spacial score (nSPS) is 11.9. The van der Waals surface area contributed by atoms with Gasteiger partial charge in [0.1, 0.15) is 6.04 Å². The molecule has 4 nitrogen and oxygen atoms in total. The molecule has 0 aliphatic carbocycles. The van der Waals surface area contributed by atoms with Crippen LogP contribution in [0.5, 0.6) is 0 Å². The summed E-state index contributed by atoms with van der Waals surface area (Å²) < 4.78 is 0. The van der Waals surface area contributed by atoms with E-state index in [2.05, 4.69) is 19.2 Å². The molecule has 0 saturated carbocycles. The summed E-state index contributed by atoms with van der Waals surface area (Å²) in [6.07, 6.45) is 0.396. The molecule has 0 saturated heterocycles. The summed E-state index contributed by atoms with van der Waals surface area (Å²) in [7, 11) is 0. The first kappa shape index (κ1) is 23.0. The maximum Gasteiger partial charge on any atom is 0.242 e. The predicted octanol–water partition coefficient (Wildman–Crippen LogP) is 4.67. The Morgan fingerprint density at radius 1 is 1.00 bits per heavy atom. The molecule has 0 aromatic heterocycles. The number of nitrogens with one attached hydrogen (secondary N) is 1. The molecule has 2 aromatic rings. The quantitative estimate of drug-likeness (QED) is 0.577. The zero-order valence-corrected chi connectivity index (χ0v) is 18.7. The average molecular weight is 413 g/mol. The lowest BCUT2D eigenvalue weighted by atomic mass is 10.1. The number of rotatable bonds is 10. The summed E-state index contributed by atoms with van der Waals surface area (Å²) >= 11 is 1.66. The van der Waals surface area contributed by atoms with Crippen molar-refractivity contribution in [2.45, 2.75) is 51.6 Å². The molecule has 1 unspecified atom stereocenters. The van der Waals surface area contributed by atoms with Gasteiger partial charge < -0.3 is 10.2 Å². The first-order valence-corrected chi connectivity index (χ1v) is 11.2. The smallest absolute Gasteiger partial charge is 0.242 e. The number of carbonyl (C=O) groups excluding carboxylic acids is 2. The van der Waals surface area contributed by atoms with Crippen LogP contribution in [-0.4, -0.2) is 35.1 Å². The lowest BCUT2D eigenvalue weighted by Gasteiger charge is -2.29. The number of amides is 2. The van der Waals surface area contributed by atoms with E-state index in [-0.39, 0.29) is 11.8 Å². The molecule has 156 valence electrons. The molecular weight excluding hydrogens is 380 g/mol. The molecule has 0 bridgehead atoms. The van der Waals surface area contributed by atoms with Gasteiger partial charge in [0.05, 0.1) is 0 Å². The van der Waals surface area contributed by atoms with Crippen LogP contribution in [0, 0.1) is 12.8 Å². The number of carbonyl (C=O) groups is 2. The Labute approximate surface area is 179 Å². The molecule has 2 amide bonds. The molecule has 2 rings (SSSR count). The summed E-state index contributed by atoms with van der Waals surface area (Å²) in [6.45, 7) is 9.01. The van der Waals surface area contributed by atoms with E-state index >= 15 is 0 Å². The third-order valence-corrected chi connectivity index (χ3v) is 5.67. The summed E-state index contributed by atoms with van der Waals surface area (Å²) in [5.74, 6) is 0.957. The van der Waals surface area contributed by atoms with Gasteiger partial charge in [0.15, 0.2) is 0 Å². The van der Waals surface area contributed by atoms with Crippen LogP contribution >= 0.6 is 11.8 Å². The standard InChI is InChI=1S/C24H32N2O2S/c1-18(2)16-25-24(28)20(4)26(17-21-12-10-19(3)11-13-21)23(27)14-15-29-22-8-6-5-7-9-22/h5-13,18,20H,14-17H2,1-4H3,(H,25,28). The molecule has 1 N–H and O–H groups in total. The first-order valence-electron chi connectivity index (χ1n) is 10.2. The highest BCUT2D eigenvalue weighted by Gasteiger charge is 2.25. The third kappa shape index (κ3) is 7.94. The van der Waals surface area contributed by atoms with Gasteiger partial charge in [0.2, 0.25) is 11.8 Å². The van der Waals surface area contributed by atoms with Crippen LogP contribution < -0.4 is 5.32 Å². The lowest BCUT2D eigenvalue weighted by Crippen LogP contribution is -2.48. The van der Waals surface area contributed by atoms with E-state index in [1.54, 1.807) is 16.7 Å². The van der Waals surface area contributed by atoms with E-state index in [9.17, 15) is 9.59 Å². The predicted molar refractivity (Wildman–Crippen MR) is 121 cm³/mol. The van der Waals surface area contributed by atoms with Gasteiger partial charge in [-0.1, -0.05) is 61.9 Å². The fourth-order valence-electron chi connectivity index (χ4n) is 2.84. The molecule has 0 aliphatic rings. The van der Waals surface area contributed by atoms with Gasteiger partial charge in [0, 0.05) is 30.2 Å². The van der Waals surface area contributed by atoms with Gasteiger partial charge in [-0.15, -0.1) is 11.8 Å². The van der Waals surface area contributed by atoms with Crippen molar-refractivity contribution in [1.29, 1.82) is 0 Å². The highest BCUT2D eigenvalue weighted by molar-refractivity contribution is 7.99. The van der Waals surface area contributed by atoms with E-state index in [4.69, 9.17) is 0 Å². The van der Waals surface area contributed by atoms with E-state index in [0.717, 1.165) is 10.5 Å². The molecule has 1 atom stereocenters. The summed E-state index contributed by atoms with van der Waals surface area (Å²) in [5.41, 5.74) is 2.21. The van der Waals surface area contributed by atoms with Gasteiger partial charge >= 0.3 is 0 Å². The molecular formula is C24H32N2O2S. The third-order valence-electron chi connectivity index (χ3n) is 4.65. The van der Waals surface area contributed by atoms with Gasteiger partial charge in [0.25, 0.3) is 0 Å². The van der Waals surface area contributed by atoms with Crippen molar-refractivity contribution in [2.75, 3.05) is 12.3 Å². The summed E-state index contributed by atoms with van der Waals surface area (Å²) in [6, 6.07) is 17.7. The SMILES string of the molecule is Cc1ccc(CN(C(=O)CCSc2ccccc2)C(C)C(=O)NCC(C)C)cc1. The van der Waals surface area contributed by atoms with Crippen molar-refractivity contribution in [1.82, 2.24) is 10.2 Å². The van der Waals surface area contributed by atoms with Crippen LogP contribution in [0.3, 0.4) is 0 Å². The Balaban J connectivity index is 2.04. The van der Waals surface area contributed by atoms with Crippen molar-refractivity contribution in [2.24, 2.45) is 5.92 Å². The average Bonchev–Trinajstić information content (AvgIpc) is 2.71. The molecule has 29 heavy (non-hydrogen) atoms. The van der Waals surface area contributed by atoms with Crippen molar-refractivity contribution < 1.29 is 9.59 Å². The van der Waals surface area contributed by atoms with Gasteiger partial charge in [-0.3, -0.25) is 9.59 Å². The van der Waals surface area contributed by atoms with Crippen molar-refractivity contribution in [3.63, 3.8) is 0 Å². The summed E-state index contributed by atoms with van der Waals surface area (Å²) in [4.78, 5) is 28.5. The Morgan fingerprint density at radius 3 is 2.28 bits per heavy atom. The highest BCUT2D eigenvalue weighted by Crippen LogP contribution is 2.19. The van der Waals surface area contributed by atoms with Gasteiger partial charge in [-0.2, -0.15) is 0 Å².